The predicted molar refractivity (Wildman–Crippen MR) is 128 cm³/mol. The van der Waals surface area contributed by atoms with E-state index in [2.05, 4.69) is 30.6 Å². The Bertz CT molecular complexity index is 671. The van der Waals surface area contributed by atoms with Crippen LogP contribution in [0.15, 0.2) is 4.99 Å². The second-order valence-electron chi connectivity index (χ2n) is 7.62. The summed E-state index contributed by atoms with van der Waals surface area (Å²) < 4.78 is 7.09. The molecule has 0 bridgehead atoms. The van der Waals surface area contributed by atoms with Crippen LogP contribution in [-0.2, 0) is 23.1 Å². The minimum absolute atomic E-state index is 0. The Morgan fingerprint density at radius 3 is 2.50 bits per heavy atom. The van der Waals surface area contributed by atoms with Gasteiger partial charge in [0.1, 0.15) is 12.4 Å². The number of halogens is 1. The Kier molecular flexibility index (Phi) is 12.2. The number of hydrogen-bond acceptors (Lipinski definition) is 6. The largest absolute Gasteiger partial charge is 0.385 e. The summed E-state index contributed by atoms with van der Waals surface area (Å²) in [6.45, 7) is 11.6. The third kappa shape index (κ3) is 8.72. The van der Waals surface area contributed by atoms with Crippen molar-refractivity contribution >= 4 is 35.8 Å². The Morgan fingerprint density at radius 1 is 1.23 bits per heavy atom. The average Bonchev–Trinajstić information content (AvgIpc) is 2.99. The lowest BCUT2D eigenvalue weighted by Crippen LogP contribution is -2.54. The number of nitrogens with zero attached hydrogens (tertiary/aromatic N) is 6. The summed E-state index contributed by atoms with van der Waals surface area (Å²) in [6.07, 6.45) is 0.911. The van der Waals surface area contributed by atoms with E-state index in [0.717, 1.165) is 56.8 Å². The minimum atomic E-state index is 0. The lowest BCUT2D eigenvalue weighted by atomic mass is 10.3. The molecule has 1 aliphatic rings. The number of amides is 1. The number of guanidine groups is 1. The molecule has 1 amide bonds. The molecule has 0 unspecified atom stereocenters. The van der Waals surface area contributed by atoms with Gasteiger partial charge < -0.3 is 24.8 Å². The number of methoxy groups -OCH3 is 1. The van der Waals surface area contributed by atoms with E-state index in [1.807, 2.05) is 32.4 Å². The van der Waals surface area contributed by atoms with E-state index in [-0.39, 0.29) is 35.9 Å². The quantitative estimate of drug-likeness (QED) is 0.204. The maximum atomic E-state index is 12.0. The monoisotopic (exact) mass is 536 g/mol. The molecule has 0 spiro atoms. The van der Waals surface area contributed by atoms with E-state index in [9.17, 15) is 4.79 Å². The van der Waals surface area contributed by atoms with Gasteiger partial charge in [0.05, 0.1) is 6.54 Å². The predicted octanol–water partition coefficient (Wildman–Crippen LogP) is 0.366. The average molecular weight is 536 g/mol. The van der Waals surface area contributed by atoms with Crippen LogP contribution in [0.4, 0.5) is 0 Å². The Labute approximate surface area is 196 Å². The van der Waals surface area contributed by atoms with Crippen LogP contribution in [0.5, 0.6) is 0 Å². The van der Waals surface area contributed by atoms with Gasteiger partial charge in [0.2, 0.25) is 5.91 Å². The van der Waals surface area contributed by atoms with Gasteiger partial charge in [0, 0.05) is 59.5 Å². The molecule has 2 N–H and O–H groups in total. The van der Waals surface area contributed by atoms with Gasteiger partial charge in [-0.15, -0.1) is 34.2 Å². The maximum Gasteiger partial charge on any atom is 0.234 e. The summed E-state index contributed by atoms with van der Waals surface area (Å²) in [5, 5.41) is 14.7. The SMILES string of the molecule is COCCCNC(=NCc1nnc(C)n1C)N1CCN(CC(=O)NC(C)C)CC1.I. The molecule has 1 aliphatic heterocycles. The fourth-order valence-corrected chi connectivity index (χ4v) is 3.11. The van der Waals surface area contributed by atoms with Gasteiger partial charge in [-0.25, -0.2) is 4.99 Å². The number of carbonyl (C=O) groups excluding carboxylic acids is 1. The Morgan fingerprint density at radius 2 is 1.93 bits per heavy atom. The minimum Gasteiger partial charge on any atom is -0.385 e. The van der Waals surface area contributed by atoms with Crippen LogP contribution in [0.2, 0.25) is 0 Å². The third-order valence-electron chi connectivity index (χ3n) is 4.85. The number of piperazine rings is 1. The zero-order chi connectivity index (χ0) is 21.2. The molecule has 0 radical (unpaired) electrons. The Hall–Kier alpha value is -1.47. The first kappa shape index (κ1) is 26.6. The normalized spacial score (nSPS) is 15.3. The molecule has 0 aromatic carbocycles. The molecule has 172 valence electrons. The maximum absolute atomic E-state index is 12.0. The van der Waals surface area contributed by atoms with E-state index < -0.39 is 0 Å². The van der Waals surface area contributed by atoms with Crippen molar-refractivity contribution in [2.45, 2.75) is 39.8 Å². The molecule has 30 heavy (non-hydrogen) atoms. The van der Waals surface area contributed by atoms with E-state index in [4.69, 9.17) is 9.73 Å². The number of aromatic nitrogens is 3. The molecule has 0 saturated carbocycles. The fraction of sp³-hybridized carbons (Fsp3) is 0.789. The van der Waals surface area contributed by atoms with E-state index >= 15 is 0 Å². The van der Waals surface area contributed by atoms with E-state index in [1.54, 1.807) is 7.11 Å². The lowest BCUT2D eigenvalue weighted by Gasteiger charge is -2.36. The number of rotatable bonds is 9. The highest BCUT2D eigenvalue weighted by Crippen LogP contribution is 2.05. The van der Waals surface area contributed by atoms with Crippen LogP contribution in [0.25, 0.3) is 0 Å². The Balaban J connectivity index is 0.00000450. The number of aliphatic imine (C=N–C) groups is 1. The summed E-state index contributed by atoms with van der Waals surface area (Å²) in [6, 6.07) is 0.170. The zero-order valence-corrected chi connectivity index (χ0v) is 21.2. The molecular formula is C19H37IN8O2. The summed E-state index contributed by atoms with van der Waals surface area (Å²) in [5.41, 5.74) is 0. The van der Waals surface area contributed by atoms with Gasteiger partial charge >= 0.3 is 0 Å². The van der Waals surface area contributed by atoms with Gasteiger partial charge in [-0.2, -0.15) is 0 Å². The topological polar surface area (TPSA) is 99.9 Å². The number of carbonyl (C=O) groups is 1. The zero-order valence-electron chi connectivity index (χ0n) is 18.8. The van der Waals surface area contributed by atoms with Crippen molar-refractivity contribution in [3.63, 3.8) is 0 Å². The summed E-state index contributed by atoms with van der Waals surface area (Å²) in [7, 11) is 3.66. The van der Waals surface area contributed by atoms with Gasteiger partial charge in [-0.3, -0.25) is 9.69 Å². The third-order valence-corrected chi connectivity index (χ3v) is 4.85. The highest BCUT2D eigenvalue weighted by atomic mass is 127. The van der Waals surface area contributed by atoms with Crippen LogP contribution in [0.1, 0.15) is 31.9 Å². The van der Waals surface area contributed by atoms with Gasteiger partial charge in [0.25, 0.3) is 0 Å². The molecule has 10 nitrogen and oxygen atoms in total. The molecule has 0 atom stereocenters. The second kappa shape index (κ2) is 13.8. The number of hydrogen-bond donors (Lipinski definition) is 2. The van der Waals surface area contributed by atoms with Crippen LogP contribution in [0, 0.1) is 6.92 Å². The van der Waals surface area contributed by atoms with Crippen LogP contribution < -0.4 is 10.6 Å². The van der Waals surface area contributed by atoms with E-state index in [0.29, 0.717) is 19.7 Å². The highest BCUT2D eigenvalue weighted by Gasteiger charge is 2.21. The molecule has 1 aromatic heterocycles. The highest BCUT2D eigenvalue weighted by molar-refractivity contribution is 14.0. The van der Waals surface area contributed by atoms with Crippen molar-refractivity contribution in [3.8, 4) is 0 Å². The molecule has 2 heterocycles. The van der Waals surface area contributed by atoms with Crippen molar-refractivity contribution in [3.05, 3.63) is 11.6 Å². The van der Waals surface area contributed by atoms with Crippen LogP contribution >= 0.6 is 24.0 Å². The van der Waals surface area contributed by atoms with E-state index in [1.165, 1.54) is 0 Å². The first-order chi connectivity index (χ1) is 13.9. The van der Waals surface area contributed by atoms with Crippen molar-refractivity contribution in [2.75, 3.05) is 53.0 Å². The molecule has 11 heteroatoms. The van der Waals surface area contributed by atoms with Crippen molar-refractivity contribution in [1.29, 1.82) is 0 Å². The van der Waals surface area contributed by atoms with Crippen molar-refractivity contribution in [2.24, 2.45) is 12.0 Å². The first-order valence-corrected chi connectivity index (χ1v) is 10.3. The smallest absolute Gasteiger partial charge is 0.234 e. The molecule has 0 aliphatic carbocycles. The molecule has 1 fully saturated rings. The van der Waals surface area contributed by atoms with Gasteiger partial charge in [-0.1, -0.05) is 0 Å². The number of nitrogens with one attached hydrogen (secondary N) is 2. The standard InChI is InChI=1S/C19H36N8O2.HI/c1-15(2)22-18(28)14-26-8-10-27(11-9-26)19(20-7-6-12-29-5)21-13-17-24-23-16(3)25(17)4;/h15H,6-14H2,1-5H3,(H,20,21)(H,22,28);1H. The van der Waals surface area contributed by atoms with Crippen molar-refractivity contribution < 1.29 is 9.53 Å². The number of aryl methyl sites for hydroxylation is 1. The summed E-state index contributed by atoms with van der Waals surface area (Å²) in [5.74, 6) is 2.66. The number of ether oxygens (including phenoxy) is 1. The van der Waals surface area contributed by atoms with Crippen LogP contribution in [0.3, 0.4) is 0 Å². The lowest BCUT2D eigenvalue weighted by molar-refractivity contribution is -0.123. The first-order valence-electron chi connectivity index (χ1n) is 10.3. The fourth-order valence-electron chi connectivity index (χ4n) is 3.11. The molecular weight excluding hydrogens is 499 g/mol. The van der Waals surface area contributed by atoms with Gasteiger partial charge in [0.15, 0.2) is 11.8 Å². The molecule has 1 saturated heterocycles. The van der Waals surface area contributed by atoms with Crippen molar-refractivity contribution in [1.82, 2.24) is 35.2 Å². The van der Waals surface area contributed by atoms with Gasteiger partial charge in [-0.05, 0) is 27.2 Å². The summed E-state index contributed by atoms with van der Waals surface area (Å²) >= 11 is 0. The molecule has 2 rings (SSSR count). The second-order valence-corrected chi connectivity index (χ2v) is 7.62. The van der Waals surface area contributed by atoms with Crippen LogP contribution in [-0.4, -0.2) is 95.5 Å². The molecule has 1 aromatic rings. The summed E-state index contributed by atoms with van der Waals surface area (Å²) in [4.78, 5) is 21.2.